The first-order valence-electron chi connectivity index (χ1n) is 12.8. The van der Waals surface area contributed by atoms with Gasteiger partial charge in [-0.3, -0.25) is 24.0 Å². The van der Waals surface area contributed by atoms with E-state index in [2.05, 4.69) is 39.7 Å². The highest BCUT2D eigenvalue weighted by molar-refractivity contribution is 6.04. The topological polar surface area (TPSA) is 123 Å². The van der Waals surface area contributed by atoms with Gasteiger partial charge in [0.25, 0.3) is 5.91 Å². The van der Waals surface area contributed by atoms with Crippen LogP contribution in [0.4, 0.5) is 0 Å². The van der Waals surface area contributed by atoms with E-state index in [1.807, 2.05) is 6.07 Å². The molecule has 3 N–H and O–H groups in total. The van der Waals surface area contributed by atoms with Crippen LogP contribution in [-0.2, 0) is 16.1 Å². The Hall–Kier alpha value is -3.75. The third-order valence-corrected chi connectivity index (χ3v) is 8.06. The lowest BCUT2D eigenvalue weighted by atomic mass is 9.81. The van der Waals surface area contributed by atoms with Gasteiger partial charge in [0.15, 0.2) is 5.69 Å². The van der Waals surface area contributed by atoms with E-state index >= 15 is 0 Å². The van der Waals surface area contributed by atoms with Gasteiger partial charge in [0, 0.05) is 23.7 Å². The van der Waals surface area contributed by atoms with Crippen molar-refractivity contribution in [1.29, 1.82) is 0 Å². The number of hydrogen-bond acceptors (Lipinski definition) is 5. The van der Waals surface area contributed by atoms with Crippen LogP contribution < -0.4 is 11.1 Å². The van der Waals surface area contributed by atoms with Crippen molar-refractivity contribution >= 4 is 28.6 Å². The molecule has 0 bridgehead atoms. The number of hydrogen-bond donors (Lipinski definition) is 2. The Labute approximate surface area is 209 Å². The molecule has 5 atom stereocenters. The lowest BCUT2D eigenvalue weighted by Gasteiger charge is -2.33. The van der Waals surface area contributed by atoms with Crippen LogP contribution in [0.3, 0.4) is 0 Å². The average Bonchev–Trinajstić information content (AvgIpc) is 3.39. The van der Waals surface area contributed by atoms with Crippen molar-refractivity contribution in [3.8, 4) is 0 Å². The number of aromatic nitrogens is 3. The van der Waals surface area contributed by atoms with Gasteiger partial charge in [0.2, 0.25) is 11.8 Å². The zero-order valence-corrected chi connectivity index (χ0v) is 20.0. The number of carbonyl (C=O) groups excluding carboxylic acids is 3. The molecule has 9 heteroatoms. The van der Waals surface area contributed by atoms with Gasteiger partial charge < -0.3 is 16.0 Å². The maximum absolute atomic E-state index is 13.5. The van der Waals surface area contributed by atoms with Gasteiger partial charge in [0.05, 0.1) is 11.7 Å². The number of amides is 3. The SMILES string of the molecule is NC(=O)c1nn(CC(=O)N2[C@H](C(=O)NC3CCCC(c4ccccc4)C3)C[C@@H]3C[C@@H]32)c2cnccc12. The van der Waals surface area contributed by atoms with Crippen molar-refractivity contribution in [2.45, 2.75) is 69.1 Å². The first kappa shape index (κ1) is 22.7. The number of rotatable bonds is 6. The number of primary amides is 1. The van der Waals surface area contributed by atoms with Crippen molar-refractivity contribution in [3.05, 3.63) is 60.0 Å². The maximum atomic E-state index is 13.5. The molecule has 186 valence electrons. The quantitative estimate of drug-likeness (QED) is 0.554. The monoisotopic (exact) mass is 486 g/mol. The van der Waals surface area contributed by atoms with Crippen LogP contribution in [0, 0.1) is 5.92 Å². The van der Waals surface area contributed by atoms with Crippen molar-refractivity contribution in [2.75, 3.05) is 0 Å². The molecule has 2 saturated carbocycles. The van der Waals surface area contributed by atoms with Gasteiger partial charge in [-0.05, 0) is 55.6 Å². The molecule has 36 heavy (non-hydrogen) atoms. The largest absolute Gasteiger partial charge is 0.364 e. The summed E-state index contributed by atoms with van der Waals surface area (Å²) in [5.74, 6) is -0.0554. The predicted octanol–water partition coefficient (Wildman–Crippen LogP) is 2.36. The third kappa shape index (κ3) is 4.12. The van der Waals surface area contributed by atoms with Crippen molar-refractivity contribution in [1.82, 2.24) is 25.0 Å². The Balaban J connectivity index is 1.16. The summed E-state index contributed by atoms with van der Waals surface area (Å²) in [6, 6.07) is 11.9. The maximum Gasteiger partial charge on any atom is 0.269 e. The zero-order valence-electron chi connectivity index (χ0n) is 20.0. The van der Waals surface area contributed by atoms with Gasteiger partial charge in [-0.2, -0.15) is 5.10 Å². The van der Waals surface area contributed by atoms with Crippen LogP contribution in [-0.4, -0.2) is 55.5 Å². The third-order valence-electron chi connectivity index (χ3n) is 8.06. The lowest BCUT2D eigenvalue weighted by molar-refractivity contribution is -0.140. The molecule has 1 aliphatic heterocycles. The Morgan fingerprint density at radius 2 is 1.89 bits per heavy atom. The summed E-state index contributed by atoms with van der Waals surface area (Å²) in [4.78, 5) is 44.6. The molecule has 3 fully saturated rings. The molecule has 0 spiro atoms. The van der Waals surface area contributed by atoms with Gasteiger partial charge in [-0.1, -0.05) is 36.8 Å². The minimum absolute atomic E-state index is 0.0564. The highest BCUT2D eigenvalue weighted by Gasteiger charge is 2.56. The number of pyridine rings is 1. The second kappa shape index (κ2) is 9.04. The van der Waals surface area contributed by atoms with Crippen molar-refractivity contribution in [2.24, 2.45) is 11.7 Å². The molecular formula is C27H30N6O3. The molecule has 3 amide bonds. The van der Waals surface area contributed by atoms with Crippen LogP contribution >= 0.6 is 0 Å². The van der Waals surface area contributed by atoms with Gasteiger partial charge in [-0.15, -0.1) is 0 Å². The molecule has 6 rings (SSSR count). The summed E-state index contributed by atoms with van der Waals surface area (Å²) < 4.78 is 1.47. The normalized spacial score (nSPS) is 27.0. The molecule has 3 aromatic rings. The second-order valence-electron chi connectivity index (χ2n) is 10.4. The number of nitrogens with zero attached hydrogens (tertiary/aromatic N) is 4. The van der Waals surface area contributed by atoms with Crippen LogP contribution in [0.25, 0.3) is 10.9 Å². The van der Waals surface area contributed by atoms with E-state index < -0.39 is 11.9 Å². The lowest BCUT2D eigenvalue weighted by Crippen LogP contribution is -2.51. The van der Waals surface area contributed by atoms with E-state index in [1.165, 1.54) is 10.2 Å². The van der Waals surface area contributed by atoms with E-state index in [4.69, 9.17) is 5.73 Å². The van der Waals surface area contributed by atoms with Gasteiger partial charge in [0.1, 0.15) is 12.6 Å². The van der Waals surface area contributed by atoms with Crippen molar-refractivity contribution < 1.29 is 14.4 Å². The number of nitrogens with two attached hydrogens (primary N) is 1. The van der Waals surface area contributed by atoms with Crippen LogP contribution in [0.1, 0.15) is 60.5 Å². The summed E-state index contributed by atoms with van der Waals surface area (Å²) in [7, 11) is 0. The molecule has 1 saturated heterocycles. The Bertz CT molecular complexity index is 1320. The number of likely N-dealkylation sites (tertiary alicyclic amines) is 1. The standard InChI is InChI=1S/C27H30N6O3/c28-26(35)25-20-9-10-29-14-23(20)32(31-25)15-24(34)33-21-12-18(21)13-22(33)27(36)30-19-8-4-7-17(11-19)16-5-2-1-3-6-16/h1-3,5-6,9-10,14,17-19,21-22H,4,7-8,11-13,15H2,(H2,28,35)(H,30,36)/t17?,18-,19?,21-,22-/m0/s1. The summed E-state index contributed by atoms with van der Waals surface area (Å²) in [6.07, 6.45) is 8.86. The fourth-order valence-corrected chi connectivity index (χ4v) is 6.23. The molecule has 2 aliphatic carbocycles. The number of piperidine rings is 1. The minimum atomic E-state index is -0.653. The van der Waals surface area contributed by atoms with E-state index in [0.717, 1.165) is 32.1 Å². The molecule has 3 heterocycles. The highest BCUT2D eigenvalue weighted by atomic mass is 16.2. The van der Waals surface area contributed by atoms with Gasteiger partial charge >= 0.3 is 0 Å². The average molecular weight is 487 g/mol. The highest BCUT2D eigenvalue weighted by Crippen LogP contribution is 2.48. The van der Waals surface area contributed by atoms with E-state index in [-0.39, 0.29) is 36.1 Å². The van der Waals surface area contributed by atoms with Crippen LogP contribution in [0.5, 0.6) is 0 Å². The molecule has 0 radical (unpaired) electrons. The number of carbonyl (C=O) groups is 3. The second-order valence-corrected chi connectivity index (χ2v) is 10.4. The van der Waals surface area contributed by atoms with E-state index in [9.17, 15) is 14.4 Å². The Morgan fingerprint density at radius 1 is 1.06 bits per heavy atom. The summed E-state index contributed by atoms with van der Waals surface area (Å²) in [6.45, 7) is -0.0675. The fourth-order valence-electron chi connectivity index (χ4n) is 6.23. The van der Waals surface area contributed by atoms with Gasteiger partial charge in [-0.25, -0.2) is 0 Å². The molecular weight excluding hydrogens is 456 g/mol. The minimum Gasteiger partial charge on any atom is -0.364 e. The number of fused-ring (bicyclic) bond motifs is 2. The Morgan fingerprint density at radius 3 is 2.69 bits per heavy atom. The zero-order chi connectivity index (χ0) is 24.8. The van der Waals surface area contributed by atoms with E-state index in [1.54, 1.807) is 23.4 Å². The fraction of sp³-hybridized carbons (Fsp3) is 0.444. The number of benzene rings is 1. The number of nitrogens with one attached hydrogen (secondary N) is 1. The molecule has 2 unspecified atom stereocenters. The summed E-state index contributed by atoms with van der Waals surface area (Å²) in [5, 5.41) is 8.13. The van der Waals surface area contributed by atoms with Crippen molar-refractivity contribution in [3.63, 3.8) is 0 Å². The Kier molecular flexibility index (Phi) is 5.70. The van der Waals surface area contributed by atoms with Crippen LogP contribution in [0.15, 0.2) is 48.8 Å². The predicted molar refractivity (Wildman–Crippen MR) is 133 cm³/mol. The molecule has 1 aromatic carbocycles. The summed E-state index contributed by atoms with van der Waals surface area (Å²) >= 11 is 0. The molecule has 9 nitrogen and oxygen atoms in total. The molecule has 3 aliphatic rings. The molecule has 2 aromatic heterocycles. The summed E-state index contributed by atoms with van der Waals surface area (Å²) in [5.41, 5.74) is 7.50. The van der Waals surface area contributed by atoms with Crippen LogP contribution in [0.2, 0.25) is 0 Å². The van der Waals surface area contributed by atoms with E-state index in [0.29, 0.717) is 29.2 Å². The first-order valence-corrected chi connectivity index (χ1v) is 12.8. The smallest absolute Gasteiger partial charge is 0.269 e. The first-order chi connectivity index (χ1) is 17.5.